The van der Waals surface area contributed by atoms with Crippen molar-refractivity contribution in [2.75, 3.05) is 11.1 Å². The van der Waals surface area contributed by atoms with Gasteiger partial charge >= 0.3 is 0 Å². The molecular weight excluding hydrogens is 452 g/mol. The first-order valence-electron chi connectivity index (χ1n) is 9.26. The van der Waals surface area contributed by atoms with Gasteiger partial charge in [0.05, 0.1) is 23.2 Å². The number of carbonyl (C=O) groups is 2. The van der Waals surface area contributed by atoms with Crippen molar-refractivity contribution in [3.63, 3.8) is 0 Å². The Kier molecular flexibility index (Phi) is 6.21. The molecular formula is C21H18N4O3S3. The van der Waals surface area contributed by atoms with E-state index in [-0.39, 0.29) is 23.8 Å². The minimum Gasteiger partial charge on any atom is -0.369 e. The minimum atomic E-state index is -0.440. The van der Waals surface area contributed by atoms with Crippen molar-refractivity contribution in [1.29, 1.82) is 0 Å². The average Bonchev–Trinajstić information content (AvgIpc) is 3.35. The second-order valence-electron chi connectivity index (χ2n) is 6.72. The predicted molar refractivity (Wildman–Crippen MR) is 127 cm³/mol. The maximum Gasteiger partial charge on any atom is 0.263 e. The molecule has 3 heterocycles. The highest BCUT2D eigenvalue weighted by atomic mass is 32.2. The van der Waals surface area contributed by atoms with E-state index in [0.29, 0.717) is 15.9 Å². The van der Waals surface area contributed by atoms with Crippen molar-refractivity contribution >= 4 is 62.2 Å². The van der Waals surface area contributed by atoms with Gasteiger partial charge in [0.15, 0.2) is 0 Å². The number of amides is 2. The third kappa shape index (κ3) is 4.71. The molecule has 0 spiro atoms. The molecule has 0 fully saturated rings. The van der Waals surface area contributed by atoms with Gasteiger partial charge in [-0.3, -0.25) is 19.0 Å². The van der Waals surface area contributed by atoms with Crippen LogP contribution in [0.5, 0.6) is 0 Å². The molecule has 0 bridgehead atoms. The lowest BCUT2D eigenvalue weighted by Gasteiger charge is -2.11. The van der Waals surface area contributed by atoms with Crippen molar-refractivity contribution in [1.82, 2.24) is 9.55 Å². The Bertz CT molecular complexity index is 1340. The van der Waals surface area contributed by atoms with E-state index in [1.807, 2.05) is 30.5 Å². The van der Waals surface area contributed by atoms with Gasteiger partial charge in [-0.05, 0) is 31.2 Å². The van der Waals surface area contributed by atoms with E-state index in [1.54, 1.807) is 29.5 Å². The van der Waals surface area contributed by atoms with Gasteiger partial charge in [0.1, 0.15) is 11.4 Å². The summed E-state index contributed by atoms with van der Waals surface area (Å²) in [5, 5.41) is 5.27. The second-order valence-corrected chi connectivity index (χ2v) is 9.88. The maximum atomic E-state index is 13.1. The summed E-state index contributed by atoms with van der Waals surface area (Å²) >= 11 is 4.27. The Morgan fingerprint density at radius 2 is 2.03 bits per heavy atom. The van der Waals surface area contributed by atoms with E-state index in [1.165, 1.54) is 34.0 Å². The number of nitrogens with two attached hydrogens (primary N) is 1. The van der Waals surface area contributed by atoms with Crippen molar-refractivity contribution in [2.24, 2.45) is 5.73 Å². The number of aromatic nitrogens is 2. The smallest absolute Gasteiger partial charge is 0.263 e. The highest BCUT2D eigenvalue weighted by Crippen LogP contribution is 2.35. The van der Waals surface area contributed by atoms with Crippen LogP contribution in [0.1, 0.15) is 4.88 Å². The molecule has 0 atom stereocenters. The molecule has 7 nitrogen and oxygen atoms in total. The Labute approximate surface area is 189 Å². The molecule has 0 aliphatic rings. The summed E-state index contributed by atoms with van der Waals surface area (Å²) < 4.78 is 1.31. The molecule has 1 aromatic carbocycles. The van der Waals surface area contributed by atoms with Crippen LogP contribution in [0.3, 0.4) is 0 Å². The van der Waals surface area contributed by atoms with Gasteiger partial charge in [0.25, 0.3) is 5.56 Å². The first-order valence-corrected chi connectivity index (χ1v) is 11.9. The first-order chi connectivity index (χ1) is 14.9. The van der Waals surface area contributed by atoms with Gasteiger partial charge in [-0.25, -0.2) is 4.98 Å². The fourth-order valence-electron chi connectivity index (χ4n) is 3.03. The predicted octanol–water partition coefficient (Wildman–Crippen LogP) is 3.71. The third-order valence-electron chi connectivity index (χ3n) is 4.41. The topological polar surface area (TPSA) is 107 Å². The molecule has 158 valence electrons. The number of para-hydroxylation sites is 1. The van der Waals surface area contributed by atoms with E-state index in [0.717, 1.165) is 20.2 Å². The van der Waals surface area contributed by atoms with E-state index in [9.17, 15) is 14.4 Å². The number of thioether (sulfide) groups is 1. The van der Waals surface area contributed by atoms with E-state index < -0.39 is 5.91 Å². The number of hydrogen-bond donors (Lipinski definition) is 2. The zero-order chi connectivity index (χ0) is 22.0. The summed E-state index contributed by atoms with van der Waals surface area (Å²) in [6, 6.07) is 11.1. The third-order valence-corrected chi connectivity index (χ3v) is 7.43. The zero-order valence-corrected chi connectivity index (χ0v) is 18.9. The van der Waals surface area contributed by atoms with E-state index >= 15 is 0 Å². The van der Waals surface area contributed by atoms with Crippen molar-refractivity contribution in [2.45, 2.75) is 18.4 Å². The summed E-state index contributed by atoms with van der Waals surface area (Å²) in [6.45, 7) is 1.85. The molecule has 0 aliphatic heterocycles. The molecule has 3 aromatic heterocycles. The SMILES string of the molecule is Cc1ccc(-c2csc3ncn(CC(=O)Nc4ccccc4SCC(N)=O)c(=O)c23)s1. The molecule has 4 rings (SSSR count). The van der Waals surface area contributed by atoms with Gasteiger partial charge in [0, 0.05) is 25.6 Å². The highest BCUT2D eigenvalue weighted by Gasteiger charge is 2.16. The van der Waals surface area contributed by atoms with Crippen LogP contribution in [0.25, 0.3) is 20.7 Å². The normalized spacial score (nSPS) is 11.0. The standard InChI is InChI=1S/C21H18N4O3S3/c1-12-6-7-15(31-12)13-9-30-20-19(13)21(28)25(11-23-20)8-18(27)24-14-4-2-3-5-16(14)29-10-17(22)26/h2-7,9,11H,8,10H2,1H3,(H2,22,26)(H,24,27). The summed E-state index contributed by atoms with van der Waals surface area (Å²) in [7, 11) is 0. The number of nitrogens with one attached hydrogen (secondary N) is 1. The van der Waals surface area contributed by atoms with Gasteiger partial charge in [-0.15, -0.1) is 34.4 Å². The Morgan fingerprint density at radius 1 is 1.23 bits per heavy atom. The molecule has 10 heteroatoms. The average molecular weight is 471 g/mol. The van der Waals surface area contributed by atoms with Crippen molar-refractivity contribution in [3.8, 4) is 10.4 Å². The molecule has 0 saturated heterocycles. The number of anilines is 1. The fourth-order valence-corrected chi connectivity index (χ4v) is 5.64. The van der Waals surface area contributed by atoms with Crippen LogP contribution in [-0.2, 0) is 16.1 Å². The Morgan fingerprint density at radius 3 is 2.77 bits per heavy atom. The molecule has 31 heavy (non-hydrogen) atoms. The number of nitrogens with zero attached hydrogens (tertiary/aromatic N) is 2. The highest BCUT2D eigenvalue weighted by molar-refractivity contribution is 8.00. The number of fused-ring (bicyclic) bond motifs is 1. The summed E-state index contributed by atoms with van der Waals surface area (Å²) in [5.41, 5.74) is 6.37. The summed E-state index contributed by atoms with van der Waals surface area (Å²) in [5.74, 6) is -0.695. The van der Waals surface area contributed by atoms with Gasteiger partial charge in [0.2, 0.25) is 11.8 Å². The lowest BCUT2D eigenvalue weighted by Crippen LogP contribution is -2.28. The van der Waals surface area contributed by atoms with Crippen LogP contribution < -0.4 is 16.6 Å². The molecule has 0 radical (unpaired) electrons. The number of aryl methyl sites for hydroxylation is 1. The Balaban J connectivity index is 1.58. The van der Waals surface area contributed by atoms with Crippen LogP contribution in [0.4, 0.5) is 5.69 Å². The van der Waals surface area contributed by atoms with Crippen LogP contribution in [-0.4, -0.2) is 27.1 Å². The van der Waals surface area contributed by atoms with Gasteiger partial charge in [-0.2, -0.15) is 0 Å². The van der Waals surface area contributed by atoms with Crippen LogP contribution >= 0.6 is 34.4 Å². The quantitative estimate of drug-likeness (QED) is 0.401. The molecule has 2 amide bonds. The molecule has 3 N–H and O–H groups in total. The van der Waals surface area contributed by atoms with Crippen LogP contribution in [0, 0.1) is 6.92 Å². The number of hydrogen-bond acceptors (Lipinski definition) is 7. The zero-order valence-electron chi connectivity index (χ0n) is 16.5. The minimum absolute atomic E-state index is 0.107. The molecule has 0 saturated carbocycles. The second kappa shape index (κ2) is 9.04. The molecule has 0 aliphatic carbocycles. The van der Waals surface area contributed by atoms with Crippen LogP contribution in [0.2, 0.25) is 0 Å². The monoisotopic (exact) mass is 470 g/mol. The van der Waals surface area contributed by atoms with Crippen molar-refractivity contribution in [3.05, 3.63) is 63.3 Å². The lowest BCUT2D eigenvalue weighted by molar-refractivity contribution is -0.117. The molecule has 4 aromatic rings. The lowest BCUT2D eigenvalue weighted by atomic mass is 10.2. The first kappa shape index (κ1) is 21.3. The number of benzene rings is 1. The number of primary amides is 1. The summed E-state index contributed by atoms with van der Waals surface area (Å²) in [6.07, 6.45) is 1.40. The van der Waals surface area contributed by atoms with E-state index in [2.05, 4.69) is 10.3 Å². The van der Waals surface area contributed by atoms with Crippen molar-refractivity contribution < 1.29 is 9.59 Å². The van der Waals surface area contributed by atoms with Crippen LogP contribution in [0.15, 0.2) is 57.8 Å². The van der Waals surface area contributed by atoms with Gasteiger partial charge < -0.3 is 11.1 Å². The fraction of sp³-hybridized carbons (Fsp3) is 0.143. The van der Waals surface area contributed by atoms with Gasteiger partial charge in [-0.1, -0.05) is 12.1 Å². The molecule has 0 unspecified atom stereocenters. The van der Waals surface area contributed by atoms with E-state index in [4.69, 9.17) is 5.73 Å². The summed E-state index contributed by atoms with van der Waals surface area (Å²) in [4.78, 5) is 44.8. The number of rotatable bonds is 7. The Hall–Kier alpha value is -2.95. The number of thiophene rings is 2. The maximum absolute atomic E-state index is 13.1. The number of carbonyl (C=O) groups excluding carboxylic acids is 2. The largest absolute Gasteiger partial charge is 0.369 e.